The largest absolute Gasteiger partial charge is 0.388 e. The van der Waals surface area contributed by atoms with Crippen LogP contribution in [-0.2, 0) is 0 Å². The molecule has 1 saturated carbocycles. The molecule has 0 bridgehead atoms. The van der Waals surface area contributed by atoms with Crippen LogP contribution >= 0.6 is 0 Å². The molecule has 0 radical (unpaired) electrons. The summed E-state index contributed by atoms with van der Waals surface area (Å²) < 4.78 is 12.6. The van der Waals surface area contributed by atoms with Gasteiger partial charge >= 0.3 is 0 Å². The molecule has 1 heterocycles. The molecule has 0 aromatic carbocycles. The van der Waals surface area contributed by atoms with Gasteiger partial charge < -0.3 is 5.11 Å². The molecule has 0 saturated heterocycles. The van der Waals surface area contributed by atoms with Gasteiger partial charge in [-0.15, -0.1) is 0 Å². The lowest BCUT2D eigenvalue weighted by Crippen LogP contribution is -2.00. The second kappa shape index (κ2) is 2.83. The third-order valence-corrected chi connectivity index (χ3v) is 2.14. The van der Waals surface area contributed by atoms with Gasteiger partial charge in [0, 0.05) is 11.8 Å². The van der Waals surface area contributed by atoms with Gasteiger partial charge in [-0.25, -0.2) is 4.39 Å². The van der Waals surface area contributed by atoms with Crippen LogP contribution in [0.15, 0.2) is 18.5 Å². The van der Waals surface area contributed by atoms with Crippen molar-refractivity contribution < 1.29 is 9.50 Å². The van der Waals surface area contributed by atoms with Crippen LogP contribution in [0.2, 0.25) is 0 Å². The highest BCUT2D eigenvalue weighted by molar-refractivity contribution is 5.15. The minimum Gasteiger partial charge on any atom is -0.388 e. The van der Waals surface area contributed by atoms with Crippen molar-refractivity contribution in [1.29, 1.82) is 0 Å². The van der Waals surface area contributed by atoms with Crippen molar-refractivity contribution in [2.24, 2.45) is 5.92 Å². The standard InChI is InChI=1S/C9H10FNO/c10-8-3-7(4-11-5-8)9(12)6-1-2-6/h3-6,9,12H,1-2H2. The second-order valence-electron chi connectivity index (χ2n) is 3.22. The van der Waals surface area contributed by atoms with Gasteiger partial charge in [0.15, 0.2) is 0 Å². The molecular formula is C9H10FNO. The Morgan fingerprint density at radius 1 is 1.50 bits per heavy atom. The SMILES string of the molecule is OC(c1cncc(F)c1)C1CC1. The van der Waals surface area contributed by atoms with E-state index in [-0.39, 0.29) is 5.82 Å². The number of hydrogen-bond donors (Lipinski definition) is 1. The third kappa shape index (κ3) is 1.46. The van der Waals surface area contributed by atoms with Gasteiger partial charge in [-0.3, -0.25) is 4.98 Å². The molecule has 1 aliphatic carbocycles. The molecule has 3 heteroatoms. The highest BCUT2D eigenvalue weighted by Gasteiger charge is 2.30. The Kier molecular flexibility index (Phi) is 1.81. The predicted molar refractivity (Wildman–Crippen MR) is 41.9 cm³/mol. The first-order valence-corrected chi connectivity index (χ1v) is 4.06. The molecule has 2 nitrogen and oxygen atoms in total. The lowest BCUT2D eigenvalue weighted by atomic mass is 10.1. The van der Waals surface area contributed by atoms with E-state index in [4.69, 9.17) is 0 Å². The van der Waals surface area contributed by atoms with Crippen molar-refractivity contribution in [1.82, 2.24) is 4.98 Å². The lowest BCUT2D eigenvalue weighted by molar-refractivity contribution is 0.153. The fourth-order valence-corrected chi connectivity index (χ4v) is 1.27. The Balaban J connectivity index is 2.20. The predicted octanol–water partition coefficient (Wildman–Crippen LogP) is 1.66. The topological polar surface area (TPSA) is 33.1 Å². The Labute approximate surface area is 70.1 Å². The smallest absolute Gasteiger partial charge is 0.141 e. The molecule has 0 aliphatic heterocycles. The van der Waals surface area contributed by atoms with Crippen molar-refractivity contribution in [2.45, 2.75) is 18.9 Å². The van der Waals surface area contributed by atoms with Crippen LogP contribution in [0.5, 0.6) is 0 Å². The summed E-state index contributed by atoms with van der Waals surface area (Å²) in [6, 6.07) is 1.34. The Morgan fingerprint density at radius 3 is 2.83 bits per heavy atom. The van der Waals surface area contributed by atoms with Crippen LogP contribution in [0.1, 0.15) is 24.5 Å². The first-order valence-electron chi connectivity index (χ1n) is 4.06. The molecular weight excluding hydrogens is 157 g/mol. The van der Waals surface area contributed by atoms with E-state index in [9.17, 15) is 9.50 Å². The van der Waals surface area contributed by atoms with Gasteiger partial charge in [0.05, 0.1) is 12.3 Å². The van der Waals surface area contributed by atoms with Crippen LogP contribution in [0.3, 0.4) is 0 Å². The fourth-order valence-electron chi connectivity index (χ4n) is 1.27. The minimum absolute atomic E-state index is 0.327. The summed E-state index contributed by atoms with van der Waals surface area (Å²) >= 11 is 0. The van der Waals surface area contributed by atoms with Crippen LogP contribution < -0.4 is 0 Å². The maximum atomic E-state index is 12.6. The molecule has 0 spiro atoms. The Morgan fingerprint density at radius 2 is 2.25 bits per heavy atom. The van der Waals surface area contributed by atoms with Crippen LogP contribution in [-0.4, -0.2) is 10.1 Å². The van der Waals surface area contributed by atoms with Crippen LogP contribution in [0.25, 0.3) is 0 Å². The number of halogens is 1. The number of aliphatic hydroxyl groups excluding tert-OH is 1. The van der Waals surface area contributed by atoms with Gasteiger partial charge in [0.25, 0.3) is 0 Å². The summed E-state index contributed by atoms with van der Waals surface area (Å²) in [6.07, 6.45) is 4.22. The molecule has 0 amide bonds. The highest BCUT2D eigenvalue weighted by Crippen LogP contribution is 2.40. The lowest BCUT2D eigenvalue weighted by Gasteiger charge is -2.07. The average Bonchev–Trinajstić information content (AvgIpc) is 2.85. The van der Waals surface area contributed by atoms with E-state index in [1.807, 2.05) is 0 Å². The van der Waals surface area contributed by atoms with Gasteiger partial charge in [-0.2, -0.15) is 0 Å². The number of nitrogens with zero attached hydrogens (tertiary/aromatic N) is 1. The Hall–Kier alpha value is -0.960. The zero-order valence-electron chi connectivity index (χ0n) is 6.57. The number of rotatable bonds is 2. The quantitative estimate of drug-likeness (QED) is 0.726. The molecule has 64 valence electrons. The van der Waals surface area contributed by atoms with Gasteiger partial charge in [0.2, 0.25) is 0 Å². The van der Waals surface area contributed by atoms with Crippen LogP contribution in [0.4, 0.5) is 4.39 Å². The first kappa shape index (κ1) is 7.68. The van der Waals surface area contributed by atoms with E-state index < -0.39 is 6.10 Å². The molecule has 2 rings (SSSR count). The van der Waals surface area contributed by atoms with E-state index in [0.29, 0.717) is 11.5 Å². The normalized spacial score (nSPS) is 19.2. The fraction of sp³-hybridized carbons (Fsp3) is 0.444. The highest BCUT2D eigenvalue weighted by atomic mass is 19.1. The zero-order valence-corrected chi connectivity index (χ0v) is 6.57. The maximum Gasteiger partial charge on any atom is 0.141 e. The van der Waals surface area contributed by atoms with Gasteiger partial charge in [-0.1, -0.05) is 0 Å². The van der Waals surface area contributed by atoms with Crippen LogP contribution in [0, 0.1) is 11.7 Å². The van der Waals surface area contributed by atoms with E-state index >= 15 is 0 Å². The monoisotopic (exact) mass is 167 g/mol. The summed E-state index contributed by atoms with van der Waals surface area (Å²) in [4.78, 5) is 3.68. The summed E-state index contributed by atoms with van der Waals surface area (Å²) in [5.74, 6) is -0.0548. The molecule has 1 unspecified atom stereocenters. The minimum atomic E-state index is -0.520. The molecule has 12 heavy (non-hydrogen) atoms. The van der Waals surface area contributed by atoms with Gasteiger partial charge in [0.1, 0.15) is 5.82 Å². The number of hydrogen-bond acceptors (Lipinski definition) is 2. The van der Waals surface area contributed by atoms with E-state index in [2.05, 4.69) is 4.98 Å². The van der Waals surface area contributed by atoms with Crippen molar-refractivity contribution in [2.75, 3.05) is 0 Å². The van der Waals surface area contributed by atoms with Crippen molar-refractivity contribution in [3.05, 3.63) is 29.8 Å². The molecule has 1 fully saturated rings. The molecule has 1 N–H and O–H groups in total. The number of pyridine rings is 1. The maximum absolute atomic E-state index is 12.6. The summed E-state index contributed by atoms with van der Waals surface area (Å²) in [6.45, 7) is 0. The van der Waals surface area contributed by atoms with E-state index in [0.717, 1.165) is 19.0 Å². The van der Waals surface area contributed by atoms with Crippen molar-refractivity contribution in [3.63, 3.8) is 0 Å². The third-order valence-electron chi connectivity index (χ3n) is 2.14. The molecule has 1 aromatic rings. The van der Waals surface area contributed by atoms with E-state index in [1.54, 1.807) is 0 Å². The average molecular weight is 167 g/mol. The molecule has 1 aliphatic rings. The molecule has 1 aromatic heterocycles. The van der Waals surface area contributed by atoms with Gasteiger partial charge in [-0.05, 0) is 24.8 Å². The van der Waals surface area contributed by atoms with Crippen molar-refractivity contribution in [3.8, 4) is 0 Å². The molecule has 1 atom stereocenters. The summed E-state index contributed by atoms with van der Waals surface area (Å²) in [5, 5.41) is 9.58. The number of aliphatic hydroxyl groups is 1. The zero-order chi connectivity index (χ0) is 8.55. The second-order valence-corrected chi connectivity index (χ2v) is 3.22. The summed E-state index contributed by atoms with van der Waals surface area (Å²) in [7, 11) is 0. The van der Waals surface area contributed by atoms with E-state index in [1.165, 1.54) is 12.3 Å². The van der Waals surface area contributed by atoms with Crippen molar-refractivity contribution >= 4 is 0 Å². The first-order chi connectivity index (χ1) is 5.77. The summed E-state index contributed by atoms with van der Waals surface area (Å²) in [5.41, 5.74) is 0.595. The Bertz CT molecular complexity index is 286. The number of aromatic nitrogens is 1.